The van der Waals surface area contributed by atoms with Gasteiger partial charge in [-0.1, -0.05) is 34.1 Å². The van der Waals surface area contributed by atoms with E-state index in [1.165, 1.54) is 11.1 Å². The molecule has 0 heterocycles. The Morgan fingerprint density at radius 3 is 2.85 bits per heavy atom. The van der Waals surface area contributed by atoms with Crippen molar-refractivity contribution in [3.63, 3.8) is 0 Å². The van der Waals surface area contributed by atoms with Crippen LogP contribution in [0, 0.1) is 18.3 Å². The number of hydrogen-bond donors (Lipinski definition) is 1. The van der Waals surface area contributed by atoms with Gasteiger partial charge in [0.1, 0.15) is 11.8 Å². The minimum Gasteiger partial charge on any atom is -0.479 e. The van der Waals surface area contributed by atoms with Gasteiger partial charge in [0.25, 0.3) is 0 Å². The van der Waals surface area contributed by atoms with Gasteiger partial charge in [-0.05, 0) is 36.2 Å². The van der Waals surface area contributed by atoms with Gasteiger partial charge in [-0.15, -0.1) is 0 Å². The zero-order valence-electron chi connectivity index (χ0n) is 11.2. The van der Waals surface area contributed by atoms with Gasteiger partial charge in [0, 0.05) is 22.8 Å². The molecular weight excluding hydrogens is 316 g/mol. The maximum atomic E-state index is 8.50. The molecule has 0 unspecified atom stereocenters. The molecule has 20 heavy (non-hydrogen) atoms. The summed E-state index contributed by atoms with van der Waals surface area (Å²) in [6, 6.07) is 15.9. The zero-order chi connectivity index (χ0) is 14.4. The third-order valence-electron chi connectivity index (χ3n) is 2.87. The molecule has 0 aliphatic rings. The summed E-state index contributed by atoms with van der Waals surface area (Å²) in [5.74, 6) is 0.696. The van der Waals surface area contributed by atoms with Crippen LogP contribution in [0.3, 0.4) is 0 Å². The number of nitriles is 1. The van der Waals surface area contributed by atoms with Gasteiger partial charge in [0.05, 0.1) is 0 Å². The van der Waals surface area contributed by atoms with E-state index >= 15 is 0 Å². The second-order valence-electron chi connectivity index (χ2n) is 4.41. The highest BCUT2D eigenvalue weighted by molar-refractivity contribution is 9.10. The van der Waals surface area contributed by atoms with Crippen molar-refractivity contribution in [2.75, 3.05) is 11.9 Å². The number of nitrogens with one attached hydrogen (secondary N) is 1. The Bertz CT molecular complexity index is 635. The van der Waals surface area contributed by atoms with Crippen molar-refractivity contribution < 1.29 is 4.74 Å². The molecule has 0 radical (unpaired) electrons. The van der Waals surface area contributed by atoms with Gasteiger partial charge >= 0.3 is 0 Å². The number of benzene rings is 2. The standard InChI is InChI=1S/C16H15BrN2O/c1-12-5-6-13(9-16(12)17)11-19-14-3-2-4-15(10-14)20-8-7-18/h2-6,9-10,19H,8,11H2,1H3. The molecule has 0 aliphatic carbocycles. The number of nitrogens with zero attached hydrogens (tertiary/aromatic N) is 1. The summed E-state index contributed by atoms with van der Waals surface area (Å²) in [7, 11) is 0. The molecule has 102 valence electrons. The molecule has 1 N–H and O–H groups in total. The average Bonchev–Trinajstić information content (AvgIpc) is 2.47. The Morgan fingerprint density at radius 2 is 2.10 bits per heavy atom. The number of anilines is 1. The Morgan fingerprint density at radius 1 is 1.25 bits per heavy atom. The van der Waals surface area contributed by atoms with E-state index in [1.54, 1.807) is 0 Å². The van der Waals surface area contributed by atoms with E-state index in [-0.39, 0.29) is 6.61 Å². The van der Waals surface area contributed by atoms with Crippen molar-refractivity contribution in [1.29, 1.82) is 5.26 Å². The molecule has 2 rings (SSSR count). The maximum absolute atomic E-state index is 8.50. The molecule has 0 bridgehead atoms. The van der Waals surface area contributed by atoms with Crippen molar-refractivity contribution in [1.82, 2.24) is 0 Å². The topological polar surface area (TPSA) is 45.0 Å². The monoisotopic (exact) mass is 330 g/mol. The van der Waals surface area contributed by atoms with E-state index in [9.17, 15) is 0 Å². The average molecular weight is 331 g/mol. The maximum Gasteiger partial charge on any atom is 0.174 e. The molecule has 0 atom stereocenters. The predicted octanol–water partition coefficient (Wildman–Crippen LogP) is 4.27. The summed E-state index contributed by atoms with van der Waals surface area (Å²) in [6.07, 6.45) is 0. The van der Waals surface area contributed by atoms with E-state index in [4.69, 9.17) is 10.00 Å². The minimum atomic E-state index is 0.0639. The summed E-state index contributed by atoms with van der Waals surface area (Å²) in [4.78, 5) is 0. The van der Waals surface area contributed by atoms with Crippen molar-refractivity contribution in [3.8, 4) is 11.8 Å². The number of rotatable bonds is 5. The number of halogens is 1. The van der Waals surface area contributed by atoms with E-state index in [0.29, 0.717) is 5.75 Å². The third kappa shape index (κ3) is 4.01. The molecule has 0 aliphatic heterocycles. The summed E-state index contributed by atoms with van der Waals surface area (Å²) >= 11 is 3.53. The summed E-state index contributed by atoms with van der Waals surface area (Å²) in [5.41, 5.74) is 3.39. The van der Waals surface area contributed by atoms with Gasteiger partial charge < -0.3 is 10.1 Å². The first-order chi connectivity index (χ1) is 9.69. The highest BCUT2D eigenvalue weighted by Crippen LogP contribution is 2.20. The molecule has 3 nitrogen and oxygen atoms in total. The largest absolute Gasteiger partial charge is 0.479 e. The zero-order valence-corrected chi connectivity index (χ0v) is 12.8. The van der Waals surface area contributed by atoms with E-state index in [2.05, 4.69) is 46.4 Å². The first kappa shape index (κ1) is 14.4. The van der Waals surface area contributed by atoms with Crippen LogP contribution < -0.4 is 10.1 Å². The lowest BCUT2D eigenvalue weighted by Crippen LogP contribution is -2.00. The summed E-state index contributed by atoms with van der Waals surface area (Å²) < 4.78 is 6.39. The van der Waals surface area contributed by atoms with Gasteiger partial charge in [-0.25, -0.2) is 0 Å². The summed E-state index contributed by atoms with van der Waals surface area (Å²) in [5, 5.41) is 11.8. The van der Waals surface area contributed by atoms with Crippen LogP contribution in [-0.4, -0.2) is 6.61 Å². The quantitative estimate of drug-likeness (QED) is 0.890. The van der Waals surface area contributed by atoms with Crippen LogP contribution in [0.5, 0.6) is 5.75 Å². The van der Waals surface area contributed by atoms with E-state index in [1.807, 2.05) is 30.3 Å². The Balaban J connectivity index is 1.99. The lowest BCUT2D eigenvalue weighted by atomic mass is 10.1. The lowest BCUT2D eigenvalue weighted by Gasteiger charge is -2.09. The molecule has 0 fully saturated rings. The smallest absolute Gasteiger partial charge is 0.174 e. The molecule has 0 amide bonds. The minimum absolute atomic E-state index is 0.0639. The SMILES string of the molecule is Cc1ccc(CNc2cccc(OCC#N)c2)cc1Br. The first-order valence-electron chi connectivity index (χ1n) is 6.28. The molecular formula is C16H15BrN2O. The predicted molar refractivity (Wildman–Crippen MR) is 83.8 cm³/mol. The van der Waals surface area contributed by atoms with Crippen LogP contribution in [-0.2, 0) is 6.54 Å². The molecule has 0 aromatic heterocycles. The van der Waals surface area contributed by atoms with E-state index in [0.717, 1.165) is 16.7 Å². The van der Waals surface area contributed by atoms with Gasteiger partial charge in [0.15, 0.2) is 6.61 Å². The van der Waals surface area contributed by atoms with Gasteiger partial charge in [-0.2, -0.15) is 5.26 Å². The van der Waals surface area contributed by atoms with Crippen LogP contribution in [0.4, 0.5) is 5.69 Å². The molecule has 0 spiro atoms. The highest BCUT2D eigenvalue weighted by atomic mass is 79.9. The highest BCUT2D eigenvalue weighted by Gasteiger charge is 1.99. The molecule has 4 heteroatoms. The van der Waals surface area contributed by atoms with Crippen molar-refractivity contribution in [3.05, 3.63) is 58.1 Å². The molecule has 2 aromatic carbocycles. The Labute approximate surface area is 127 Å². The summed E-state index contributed by atoms with van der Waals surface area (Å²) in [6.45, 7) is 2.87. The van der Waals surface area contributed by atoms with Crippen LogP contribution in [0.2, 0.25) is 0 Å². The van der Waals surface area contributed by atoms with Gasteiger partial charge in [-0.3, -0.25) is 0 Å². The number of aryl methyl sites for hydroxylation is 1. The van der Waals surface area contributed by atoms with Crippen LogP contribution in [0.25, 0.3) is 0 Å². The number of ether oxygens (including phenoxy) is 1. The Kier molecular flexibility index (Phi) is 5.03. The van der Waals surface area contributed by atoms with Crippen LogP contribution in [0.1, 0.15) is 11.1 Å². The van der Waals surface area contributed by atoms with Crippen molar-refractivity contribution in [2.24, 2.45) is 0 Å². The van der Waals surface area contributed by atoms with Crippen LogP contribution in [0.15, 0.2) is 46.9 Å². The van der Waals surface area contributed by atoms with Crippen molar-refractivity contribution >= 4 is 21.6 Å². The fraction of sp³-hybridized carbons (Fsp3) is 0.188. The second kappa shape index (κ2) is 6.97. The van der Waals surface area contributed by atoms with Crippen LogP contribution >= 0.6 is 15.9 Å². The third-order valence-corrected chi connectivity index (χ3v) is 3.72. The fourth-order valence-electron chi connectivity index (χ4n) is 1.76. The van der Waals surface area contributed by atoms with E-state index < -0.39 is 0 Å². The molecule has 0 saturated heterocycles. The second-order valence-corrected chi connectivity index (χ2v) is 5.27. The Hall–Kier alpha value is -1.99. The number of hydrogen-bond acceptors (Lipinski definition) is 3. The normalized spacial score (nSPS) is 9.85. The lowest BCUT2D eigenvalue weighted by molar-refractivity contribution is 0.368. The van der Waals surface area contributed by atoms with Gasteiger partial charge in [0.2, 0.25) is 0 Å². The molecule has 0 saturated carbocycles. The van der Waals surface area contributed by atoms with Crippen molar-refractivity contribution in [2.45, 2.75) is 13.5 Å². The fourth-order valence-corrected chi connectivity index (χ4v) is 2.19. The molecule has 2 aromatic rings. The first-order valence-corrected chi connectivity index (χ1v) is 7.07.